The topological polar surface area (TPSA) is 109 Å². The van der Waals surface area contributed by atoms with Crippen molar-refractivity contribution in [1.29, 1.82) is 0 Å². The number of carbonyl (C=O) groups is 1. The summed E-state index contributed by atoms with van der Waals surface area (Å²) in [6.07, 6.45) is 2.90. The van der Waals surface area contributed by atoms with Crippen molar-refractivity contribution in [3.05, 3.63) is 40.1 Å². The van der Waals surface area contributed by atoms with Crippen LogP contribution in [-0.2, 0) is 14.8 Å². The molecule has 4 rings (SSSR count). The number of amides is 1. The van der Waals surface area contributed by atoms with Crippen LogP contribution in [0, 0.1) is 0 Å². The van der Waals surface area contributed by atoms with E-state index in [0.29, 0.717) is 42.8 Å². The van der Waals surface area contributed by atoms with Crippen LogP contribution in [0.5, 0.6) is 0 Å². The molecule has 0 aromatic carbocycles. The van der Waals surface area contributed by atoms with E-state index in [2.05, 4.69) is 4.98 Å². The normalized spacial score (nSPS) is 15.1. The predicted molar refractivity (Wildman–Crippen MR) is 118 cm³/mol. The van der Waals surface area contributed by atoms with Gasteiger partial charge in [0.25, 0.3) is 0 Å². The van der Waals surface area contributed by atoms with E-state index in [1.54, 1.807) is 40.1 Å². The number of rotatable bonds is 4. The molecule has 4 heterocycles. The largest absolute Gasteiger partial charge is 0.353 e. The van der Waals surface area contributed by atoms with Gasteiger partial charge in [0.15, 0.2) is 10.8 Å². The molecule has 0 spiro atoms. The van der Waals surface area contributed by atoms with Gasteiger partial charge in [-0.25, -0.2) is 22.7 Å². The Labute approximate surface area is 183 Å². The molecule has 0 radical (unpaired) electrons. The monoisotopic (exact) mass is 462 g/mol. The Morgan fingerprint density at radius 1 is 1.16 bits per heavy atom. The second-order valence-corrected chi connectivity index (χ2v) is 10.3. The van der Waals surface area contributed by atoms with E-state index in [-0.39, 0.29) is 16.2 Å². The molecule has 0 atom stereocenters. The van der Waals surface area contributed by atoms with Crippen LogP contribution in [0.2, 0.25) is 0 Å². The lowest BCUT2D eigenvalue weighted by atomic mass is 10.2. The van der Waals surface area contributed by atoms with Crippen molar-refractivity contribution in [3.8, 4) is 5.13 Å². The van der Waals surface area contributed by atoms with Gasteiger partial charge in [0.05, 0.1) is 5.39 Å². The highest BCUT2D eigenvalue weighted by atomic mass is 32.2. The van der Waals surface area contributed by atoms with E-state index >= 15 is 0 Å². The number of carbonyl (C=O) groups excluding carboxylic acids is 1. The van der Waals surface area contributed by atoms with Gasteiger partial charge in [-0.2, -0.15) is 0 Å². The minimum atomic E-state index is -3.96. The number of sulfonamides is 1. The van der Waals surface area contributed by atoms with Gasteiger partial charge in [-0.05, 0) is 12.1 Å². The van der Waals surface area contributed by atoms with Crippen molar-refractivity contribution in [3.63, 3.8) is 0 Å². The molecule has 10 nitrogen and oxygen atoms in total. The summed E-state index contributed by atoms with van der Waals surface area (Å²) in [5.74, 6) is 0.696. The maximum absolute atomic E-state index is 13.1. The lowest BCUT2D eigenvalue weighted by Crippen LogP contribution is -2.48. The van der Waals surface area contributed by atoms with Crippen molar-refractivity contribution < 1.29 is 13.2 Å². The third-order valence-electron chi connectivity index (χ3n) is 5.24. The Balaban J connectivity index is 1.87. The van der Waals surface area contributed by atoms with Gasteiger partial charge in [-0.1, -0.05) is 0 Å². The molecule has 1 amide bonds. The third kappa shape index (κ3) is 3.82. The maximum Gasteiger partial charge on any atom is 0.247 e. The van der Waals surface area contributed by atoms with Gasteiger partial charge >= 0.3 is 0 Å². The molecule has 1 aliphatic rings. The van der Waals surface area contributed by atoms with Crippen LogP contribution in [0.3, 0.4) is 0 Å². The molecule has 3 aromatic rings. The molecule has 0 aliphatic carbocycles. The first-order valence-electron chi connectivity index (χ1n) is 9.59. The average Bonchev–Trinajstić information content (AvgIpc) is 3.28. The van der Waals surface area contributed by atoms with E-state index in [0.717, 1.165) is 4.31 Å². The molecule has 31 heavy (non-hydrogen) atoms. The van der Waals surface area contributed by atoms with Crippen molar-refractivity contribution in [2.75, 3.05) is 45.2 Å². The summed E-state index contributed by atoms with van der Waals surface area (Å²) in [6.45, 7) is 3.97. The number of nitrogens with zero attached hydrogens (tertiary/aromatic N) is 6. The lowest BCUT2D eigenvalue weighted by molar-refractivity contribution is -0.129. The number of hydrogen-bond donors (Lipinski definition) is 0. The van der Waals surface area contributed by atoms with E-state index in [1.807, 2.05) is 4.90 Å². The van der Waals surface area contributed by atoms with E-state index in [4.69, 9.17) is 4.98 Å². The summed E-state index contributed by atoms with van der Waals surface area (Å²) in [4.78, 5) is 37.1. The van der Waals surface area contributed by atoms with Crippen LogP contribution < -0.4 is 10.3 Å². The predicted octanol–water partition coefficient (Wildman–Crippen LogP) is 0.761. The highest BCUT2D eigenvalue weighted by Crippen LogP contribution is 2.24. The third-order valence-corrected chi connectivity index (χ3v) is 7.82. The lowest BCUT2D eigenvalue weighted by Gasteiger charge is -2.35. The molecular weight excluding hydrogens is 440 g/mol. The second kappa shape index (κ2) is 8.02. The molecule has 1 fully saturated rings. The fraction of sp³-hybridized carbons (Fsp3) is 0.368. The minimum Gasteiger partial charge on any atom is -0.353 e. The molecule has 0 unspecified atom stereocenters. The van der Waals surface area contributed by atoms with E-state index in [1.165, 1.54) is 31.6 Å². The Bertz CT molecular complexity index is 1290. The zero-order valence-corrected chi connectivity index (χ0v) is 19.0. The Morgan fingerprint density at radius 2 is 1.87 bits per heavy atom. The first-order chi connectivity index (χ1) is 14.7. The van der Waals surface area contributed by atoms with Gasteiger partial charge in [0.2, 0.25) is 21.4 Å². The Hall–Kier alpha value is -2.83. The molecule has 3 aromatic heterocycles. The number of thiazole rings is 1. The van der Waals surface area contributed by atoms with Crippen LogP contribution in [0.25, 0.3) is 16.2 Å². The quantitative estimate of drug-likeness (QED) is 0.563. The van der Waals surface area contributed by atoms with Crippen molar-refractivity contribution in [2.24, 2.45) is 0 Å². The highest BCUT2D eigenvalue weighted by Gasteiger charge is 2.26. The van der Waals surface area contributed by atoms with Crippen LogP contribution >= 0.6 is 11.3 Å². The van der Waals surface area contributed by atoms with Gasteiger partial charge in [0, 0.05) is 65.0 Å². The molecule has 1 saturated heterocycles. The number of pyridine rings is 2. The highest BCUT2D eigenvalue weighted by molar-refractivity contribution is 7.89. The number of aromatic nitrogens is 3. The molecule has 164 valence electrons. The number of piperazine rings is 1. The van der Waals surface area contributed by atoms with Crippen molar-refractivity contribution >= 4 is 44.1 Å². The minimum absolute atomic E-state index is 0.0401. The zero-order valence-electron chi connectivity index (χ0n) is 17.3. The molecule has 0 bridgehead atoms. The van der Waals surface area contributed by atoms with E-state index in [9.17, 15) is 18.0 Å². The number of fused-ring (bicyclic) bond motifs is 1. The molecule has 0 saturated carbocycles. The van der Waals surface area contributed by atoms with Gasteiger partial charge in [-0.3, -0.25) is 14.2 Å². The Kier molecular flexibility index (Phi) is 5.54. The molecule has 0 N–H and O–H groups in total. The number of anilines is 1. The van der Waals surface area contributed by atoms with Gasteiger partial charge in [-0.15, -0.1) is 11.3 Å². The summed E-state index contributed by atoms with van der Waals surface area (Å²) >= 11 is 1.31. The summed E-state index contributed by atoms with van der Waals surface area (Å²) < 4.78 is 28.1. The summed E-state index contributed by atoms with van der Waals surface area (Å²) in [5, 5.41) is 2.47. The van der Waals surface area contributed by atoms with Crippen LogP contribution in [0.4, 0.5) is 5.82 Å². The first kappa shape index (κ1) is 21.4. The number of hydrogen-bond acceptors (Lipinski definition) is 8. The Morgan fingerprint density at radius 3 is 2.45 bits per heavy atom. The van der Waals surface area contributed by atoms with Crippen LogP contribution in [0.15, 0.2) is 39.6 Å². The van der Waals surface area contributed by atoms with Crippen LogP contribution in [-0.4, -0.2) is 78.3 Å². The molecular formula is C19H22N6O4S2. The summed E-state index contributed by atoms with van der Waals surface area (Å²) in [5.41, 5.74) is -0.263. The van der Waals surface area contributed by atoms with Crippen molar-refractivity contribution in [2.45, 2.75) is 11.8 Å². The van der Waals surface area contributed by atoms with E-state index < -0.39 is 15.5 Å². The fourth-order valence-electron chi connectivity index (χ4n) is 3.46. The smallest absolute Gasteiger partial charge is 0.247 e. The summed E-state index contributed by atoms with van der Waals surface area (Å²) in [7, 11) is -1.19. The van der Waals surface area contributed by atoms with Gasteiger partial charge < -0.3 is 9.80 Å². The fourth-order valence-corrected chi connectivity index (χ4v) is 5.05. The first-order valence-corrected chi connectivity index (χ1v) is 11.9. The summed E-state index contributed by atoms with van der Waals surface area (Å²) in [6, 6.07) is 3.32. The SMILES string of the molecule is CC(=O)N1CCN(c2ccc3c(=O)c(S(=O)(=O)N(C)C)cn(-c4nccs4)c3n2)CC1. The second-order valence-electron chi connectivity index (χ2n) is 7.33. The van der Waals surface area contributed by atoms with Crippen LogP contribution in [0.1, 0.15) is 6.92 Å². The molecule has 1 aliphatic heterocycles. The zero-order chi connectivity index (χ0) is 22.3. The van der Waals surface area contributed by atoms with Crippen molar-refractivity contribution in [1.82, 2.24) is 23.7 Å². The standard InChI is InChI=1S/C19H22N6O4S2/c1-13(26)23-7-9-24(10-8-23)16-5-4-14-17(27)15(31(28,29)22(2)3)12-25(18(14)21-16)19-20-6-11-30-19/h4-6,11-12H,7-10H2,1-3H3. The maximum atomic E-state index is 13.1. The molecule has 12 heteroatoms. The van der Waals surface area contributed by atoms with Gasteiger partial charge in [0.1, 0.15) is 10.7 Å². The average molecular weight is 463 g/mol.